The molecule has 2 N–H and O–H groups in total. The Morgan fingerprint density at radius 3 is 2.41 bits per heavy atom. The second kappa shape index (κ2) is 9.51. The van der Waals surface area contributed by atoms with Crippen molar-refractivity contribution >= 4 is 33.9 Å². The van der Waals surface area contributed by atoms with Crippen molar-refractivity contribution in [3.63, 3.8) is 0 Å². The van der Waals surface area contributed by atoms with E-state index in [1.54, 1.807) is 55.5 Å². The van der Waals surface area contributed by atoms with Crippen molar-refractivity contribution in [3.8, 4) is 17.6 Å². The molecular formula is C30H22N2O5. The van der Waals surface area contributed by atoms with E-state index in [-0.39, 0.29) is 22.8 Å². The Balaban J connectivity index is 1.73. The maximum Gasteiger partial charge on any atom is 0.300 e. The number of aromatic hydroxyl groups is 1. The van der Waals surface area contributed by atoms with E-state index in [9.17, 15) is 25.1 Å². The van der Waals surface area contributed by atoms with Gasteiger partial charge in [0.25, 0.3) is 11.7 Å². The van der Waals surface area contributed by atoms with Gasteiger partial charge in [-0.25, -0.2) is 0 Å². The molecule has 0 bridgehead atoms. The molecule has 4 aromatic rings. The summed E-state index contributed by atoms with van der Waals surface area (Å²) in [6, 6.07) is 24.8. The first-order chi connectivity index (χ1) is 17.9. The number of aliphatic hydroxyl groups excluding tert-OH is 1. The zero-order chi connectivity index (χ0) is 26.1. The SMILES string of the molecule is CCOc1cc(C2/C(=C(\O)c3ccc4ccccc4c3)C(=O)C(=O)N2c2ccc(C#N)cc2)ccc1O. The number of carbonyl (C=O) groups is 2. The number of nitriles is 1. The quantitative estimate of drug-likeness (QED) is 0.219. The number of phenolic OH excluding ortho intramolecular Hbond substituents is 1. The van der Waals surface area contributed by atoms with Gasteiger partial charge >= 0.3 is 0 Å². The number of Topliss-reactive ketones (excluding diaryl/α,β-unsaturated/α-hetero) is 1. The van der Waals surface area contributed by atoms with E-state index in [1.165, 1.54) is 11.0 Å². The number of ether oxygens (including phenoxy) is 1. The van der Waals surface area contributed by atoms with Crippen LogP contribution in [0.2, 0.25) is 0 Å². The predicted octanol–water partition coefficient (Wildman–Crippen LogP) is 5.44. The predicted molar refractivity (Wildman–Crippen MR) is 139 cm³/mol. The van der Waals surface area contributed by atoms with Crippen molar-refractivity contribution in [1.82, 2.24) is 0 Å². The monoisotopic (exact) mass is 490 g/mol. The third kappa shape index (κ3) is 4.15. The highest BCUT2D eigenvalue weighted by Gasteiger charge is 2.47. The Bertz CT molecular complexity index is 1620. The fourth-order valence-electron chi connectivity index (χ4n) is 4.57. The molecule has 1 saturated heterocycles. The Labute approximate surface area is 213 Å². The van der Waals surface area contributed by atoms with E-state index >= 15 is 0 Å². The van der Waals surface area contributed by atoms with Crippen LogP contribution in [0.1, 0.15) is 29.7 Å². The zero-order valence-electron chi connectivity index (χ0n) is 19.9. The fourth-order valence-corrected chi connectivity index (χ4v) is 4.57. The van der Waals surface area contributed by atoms with Crippen molar-refractivity contribution in [3.05, 3.63) is 107 Å². The largest absolute Gasteiger partial charge is 0.507 e. The number of nitrogens with zero attached hydrogens (tertiary/aromatic N) is 2. The van der Waals surface area contributed by atoms with Gasteiger partial charge in [-0.1, -0.05) is 42.5 Å². The number of rotatable bonds is 5. The van der Waals surface area contributed by atoms with Crippen LogP contribution in [0.25, 0.3) is 16.5 Å². The molecule has 0 saturated carbocycles. The van der Waals surface area contributed by atoms with Crippen LogP contribution < -0.4 is 9.64 Å². The normalized spacial score (nSPS) is 16.6. The highest BCUT2D eigenvalue weighted by molar-refractivity contribution is 6.51. The molecule has 0 spiro atoms. The maximum absolute atomic E-state index is 13.4. The number of phenols is 1. The number of anilines is 1. The Morgan fingerprint density at radius 2 is 1.70 bits per heavy atom. The van der Waals surface area contributed by atoms with Crippen LogP contribution in [0, 0.1) is 11.3 Å². The average molecular weight is 491 g/mol. The van der Waals surface area contributed by atoms with Gasteiger partial charge in [-0.2, -0.15) is 5.26 Å². The topological polar surface area (TPSA) is 111 Å². The molecule has 0 aromatic heterocycles. The Hall–Kier alpha value is -5.09. The number of fused-ring (bicyclic) bond motifs is 1. The molecule has 1 heterocycles. The third-order valence-corrected chi connectivity index (χ3v) is 6.34. The lowest BCUT2D eigenvalue weighted by molar-refractivity contribution is -0.132. The summed E-state index contributed by atoms with van der Waals surface area (Å²) in [5.74, 6) is -1.86. The van der Waals surface area contributed by atoms with Gasteiger partial charge in [-0.15, -0.1) is 0 Å². The van der Waals surface area contributed by atoms with E-state index < -0.39 is 17.7 Å². The van der Waals surface area contributed by atoms with Crippen LogP contribution in [0.4, 0.5) is 5.69 Å². The van der Waals surface area contributed by atoms with Gasteiger partial charge in [-0.05, 0) is 65.7 Å². The average Bonchev–Trinajstić information content (AvgIpc) is 3.19. The second-order valence-electron chi connectivity index (χ2n) is 8.55. The number of amides is 1. The van der Waals surface area contributed by atoms with Crippen molar-refractivity contribution in [2.24, 2.45) is 0 Å². The van der Waals surface area contributed by atoms with Crippen molar-refractivity contribution in [2.75, 3.05) is 11.5 Å². The smallest absolute Gasteiger partial charge is 0.300 e. The van der Waals surface area contributed by atoms with Crippen LogP contribution in [0.15, 0.2) is 90.5 Å². The van der Waals surface area contributed by atoms with Gasteiger partial charge in [-0.3, -0.25) is 14.5 Å². The number of hydrogen-bond donors (Lipinski definition) is 2. The van der Waals surface area contributed by atoms with Crippen molar-refractivity contribution < 1.29 is 24.5 Å². The molecule has 1 unspecified atom stereocenters. The van der Waals surface area contributed by atoms with Crippen LogP contribution in [0.5, 0.6) is 11.5 Å². The molecule has 5 rings (SSSR count). The molecule has 182 valence electrons. The number of aliphatic hydroxyl groups is 1. The van der Waals surface area contributed by atoms with E-state index in [1.807, 2.05) is 36.4 Å². The summed E-state index contributed by atoms with van der Waals surface area (Å²) in [4.78, 5) is 28.1. The fraction of sp³-hybridized carbons (Fsp3) is 0.100. The lowest BCUT2D eigenvalue weighted by Gasteiger charge is -2.26. The molecule has 1 aliphatic heterocycles. The van der Waals surface area contributed by atoms with E-state index in [0.717, 1.165) is 10.8 Å². The van der Waals surface area contributed by atoms with E-state index in [0.29, 0.717) is 29.0 Å². The van der Waals surface area contributed by atoms with Crippen molar-refractivity contribution in [1.29, 1.82) is 5.26 Å². The van der Waals surface area contributed by atoms with Gasteiger partial charge in [0.1, 0.15) is 5.76 Å². The number of ketones is 1. The Kier molecular flexibility index (Phi) is 6.08. The zero-order valence-corrected chi connectivity index (χ0v) is 19.9. The van der Waals surface area contributed by atoms with Crippen molar-refractivity contribution in [2.45, 2.75) is 13.0 Å². The number of benzene rings is 4. The summed E-state index contributed by atoms with van der Waals surface area (Å²) in [5, 5.41) is 32.7. The molecule has 1 atom stereocenters. The second-order valence-corrected chi connectivity index (χ2v) is 8.55. The highest BCUT2D eigenvalue weighted by atomic mass is 16.5. The summed E-state index contributed by atoms with van der Waals surface area (Å²) in [5.41, 5.74) is 1.56. The molecule has 1 fully saturated rings. The number of carbonyl (C=O) groups excluding carboxylic acids is 2. The van der Waals surface area contributed by atoms with Gasteiger partial charge < -0.3 is 14.9 Å². The van der Waals surface area contributed by atoms with Gasteiger partial charge in [0.15, 0.2) is 11.5 Å². The van der Waals surface area contributed by atoms with Crippen LogP contribution in [-0.2, 0) is 9.59 Å². The van der Waals surface area contributed by atoms with Crippen LogP contribution >= 0.6 is 0 Å². The van der Waals surface area contributed by atoms with Crippen LogP contribution in [0.3, 0.4) is 0 Å². The summed E-state index contributed by atoms with van der Waals surface area (Å²) < 4.78 is 5.54. The van der Waals surface area contributed by atoms with Crippen LogP contribution in [-0.4, -0.2) is 28.5 Å². The van der Waals surface area contributed by atoms with E-state index in [2.05, 4.69) is 0 Å². The summed E-state index contributed by atoms with van der Waals surface area (Å²) >= 11 is 0. The molecule has 1 aliphatic rings. The molecule has 0 aliphatic carbocycles. The summed E-state index contributed by atoms with van der Waals surface area (Å²) in [6.07, 6.45) is 0. The molecule has 4 aromatic carbocycles. The Morgan fingerprint density at radius 1 is 0.973 bits per heavy atom. The minimum absolute atomic E-state index is 0.0854. The minimum Gasteiger partial charge on any atom is -0.507 e. The molecule has 1 amide bonds. The summed E-state index contributed by atoms with van der Waals surface area (Å²) in [6.45, 7) is 2.07. The van der Waals surface area contributed by atoms with Gasteiger partial charge in [0.2, 0.25) is 0 Å². The molecule has 37 heavy (non-hydrogen) atoms. The maximum atomic E-state index is 13.4. The molecule has 0 radical (unpaired) electrons. The molecule has 7 nitrogen and oxygen atoms in total. The van der Waals surface area contributed by atoms with E-state index in [4.69, 9.17) is 4.74 Å². The first kappa shape index (κ1) is 23.6. The minimum atomic E-state index is -1.00. The van der Waals surface area contributed by atoms with Gasteiger partial charge in [0.05, 0.1) is 29.9 Å². The first-order valence-electron chi connectivity index (χ1n) is 11.7. The first-order valence-corrected chi connectivity index (χ1v) is 11.7. The lowest BCUT2D eigenvalue weighted by Crippen LogP contribution is -2.29. The third-order valence-electron chi connectivity index (χ3n) is 6.34. The van der Waals surface area contributed by atoms with Gasteiger partial charge in [0, 0.05) is 11.3 Å². The number of hydrogen-bond acceptors (Lipinski definition) is 6. The highest BCUT2D eigenvalue weighted by Crippen LogP contribution is 2.44. The summed E-state index contributed by atoms with van der Waals surface area (Å²) in [7, 11) is 0. The molecule has 7 heteroatoms. The standard InChI is InChI=1S/C30H22N2O5/c1-2-37-25-16-21(11-14-24(25)33)27-26(28(34)22-10-9-19-5-3-4-6-20(19)15-22)29(35)30(36)32(27)23-12-7-18(17-31)8-13-23/h3-16,27,33-34H,2H2,1H3/b28-26+. The lowest BCUT2D eigenvalue weighted by atomic mass is 9.94. The molecular weight excluding hydrogens is 468 g/mol.